The number of ether oxygens (including phenoxy) is 3. The highest BCUT2D eigenvalue weighted by atomic mass is 35.5. The molecule has 1 fully saturated rings. The van der Waals surface area contributed by atoms with Crippen LogP contribution in [0.3, 0.4) is 0 Å². The van der Waals surface area contributed by atoms with Gasteiger partial charge in [0.2, 0.25) is 5.91 Å². The van der Waals surface area contributed by atoms with Crippen LogP contribution in [0.4, 0.5) is 5.69 Å². The van der Waals surface area contributed by atoms with Crippen LogP contribution < -0.4 is 18.5 Å². The van der Waals surface area contributed by atoms with Crippen molar-refractivity contribution in [2.24, 2.45) is 0 Å². The maximum Gasteiger partial charge on any atom is 0.268 e. The van der Waals surface area contributed by atoms with Gasteiger partial charge in [-0.25, -0.2) is 8.42 Å². The largest absolute Gasteiger partial charge is 0.497 e. The van der Waals surface area contributed by atoms with Gasteiger partial charge in [-0.2, -0.15) is 0 Å². The van der Waals surface area contributed by atoms with E-state index in [1.54, 1.807) is 51.5 Å². The average Bonchev–Trinajstić information content (AvgIpc) is 3.55. The number of carbonyl (C=O) groups excluding carboxylic acids is 1. The molecule has 1 saturated heterocycles. The molecule has 0 unspecified atom stereocenters. The van der Waals surface area contributed by atoms with E-state index in [4.69, 9.17) is 25.8 Å². The molecule has 3 aromatic carbocycles. The highest BCUT2D eigenvalue weighted by Crippen LogP contribution is 2.54. The Labute approximate surface area is 251 Å². The monoisotopic (exact) mass is 615 g/mol. The number of aliphatic hydroxyl groups excluding tert-OH is 1. The number of halogens is 1. The maximum absolute atomic E-state index is 14.5. The summed E-state index contributed by atoms with van der Waals surface area (Å²) >= 11 is 6.58. The van der Waals surface area contributed by atoms with Crippen LogP contribution in [0.5, 0.6) is 17.2 Å². The molecule has 2 aliphatic heterocycles. The van der Waals surface area contributed by atoms with E-state index in [-0.39, 0.29) is 36.1 Å². The molecule has 5 rings (SSSR count). The Morgan fingerprint density at radius 2 is 1.69 bits per heavy atom. The first kappa shape index (κ1) is 30.0. The topological polar surface area (TPSA) is 109 Å². The molecule has 0 aromatic heterocycles. The number of likely N-dealkylation sites (tertiary alicyclic amines) is 1. The summed E-state index contributed by atoms with van der Waals surface area (Å²) in [6.07, 6.45) is -0.636. The molecule has 2 heterocycles. The van der Waals surface area contributed by atoms with Crippen molar-refractivity contribution in [3.63, 3.8) is 0 Å². The van der Waals surface area contributed by atoms with Crippen molar-refractivity contribution in [3.05, 3.63) is 76.8 Å². The van der Waals surface area contributed by atoms with Crippen molar-refractivity contribution in [2.45, 2.75) is 29.0 Å². The van der Waals surface area contributed by atoms with Crippen LogP contribution in [-0.2, 0) is 20.4 Å². The first-order valence-corrected chi connectivity index (χ1v) is 15.2. The van der Waals surface area contributed by atoms with Crippen LogP contribution in [0.1, 0.15) is 17.5 Å². The predicted octanol–water partition coefficient (Wildman–Crippen LogP) is 3.34. The average molecular weight is 616 g/mol. The summed E-state index contributed by atoms with van der Waals surface area (Å²) in [5.41, 5.74) is 0.343. The summed E-state index contributed by atoms with van der Waals surface area (Å²) in [5.74, 6) is 0.862. The minimum atomic E-state index is -4.24. The Morgan fingerprint density at radius 1 is 0.976 bits per heavy atom. The number of carbonyl (C=O) groups is 1. The molecular weight excluding hydrogens is 582 g/mol. The normalized spacial score (nSPS) is 22.1. The van der Waals surface area contributed by atoms with Gasteiger partial charge in [0.15, 0.2) is 0 Å². The Kier molecular flexibility index (Phi) is 8.06. The molecule has 12 heteroatoms. The minimum absolute atomic E-state index is 0.0510. The summed E-state index contributed by atoms with van der Waals surface area (Å²) in [5, 5.41) is 11.3. The second kappa shape index (κ2) is 11.3. The zero-order valence-electron chi connectivity index (χ0n) is 24.1. The lowest BCUT2D eigenvalue weighted by molar-refractivity contribution is -0.135. The third-order valence-corrected chi connectivity index (χ3v) is 10.1. The molecule has 2 aliphatic rings. The number of likely N-dealkylation sites (N-methyl/N-ethyl adjacent to an activating group) is 1. The van der Waals surface area contributed by atoms with Crippen molar-refractivity contribution < 1.29 is 32.5 Å². The summed E-state index contributed by atoms with van der Waals surface area (Å²) in [6, 6.07) is 16.1. The summed E-state index contributed by atoms with van der Waals surface area (Å²) in [7, 11) is 3.50. The molecule has 3 aromatic rings. The van der Waals surface area contributed by atoms with Gasteiger partial charge in [0.1, 0.15) is 22.1 Å². The molecule has 0 aliphatic carbocycles. The van der Waals surface area contributed by atoms with Crippen LogP contribution >= 0.6 is 11.6 Å². The number of fused-ring (bicyclic) bond motifs is 1. The molecule has 3 atom stereocenters. The molecule has 0 spiro atoms. The van der Waals surface area contributed by atoms with E-state index in [9.17, 15) is 18.3 Å². The van der Waals surface area contributed by atoms with Crippen LogP contribution in [0.2, 0.25) is 5.02 Å². The first-order chi connectivity index (χ1) is 20.0. The molecule has 42 heavy (non-hydrogen) atoms. The van der Waals surface area contributed by atoms with Gasteiger partial charge in [-0.05, 0) is 42.8 Å². The number of rotatable bonds is 8. The number of hydrogen-bond acceptors (Lipinski definition) is 8. The van der Waals surface area contributed by atoms with E-state index in [0.29, 0.717) is 33.3 Å². The van der Waals surface area contributed by atoms with Crippen LogP contribution in [-0.4, -0.2) is 89.9 Å². The molecule has 10 nitrogen and oxygen atoms in total. The van der Waals surface area contributed by atoms with Crippen molar-refractivity contribution in [3.8, 4) is 17.2 Å². The van der Waals surface area contributed by atoms with Crippen molar-refractivity contribution >= 4 is 33.2 Å². The fraction of sp³-hybridized carbons (Fsp3) is 0.367. The number of nitrogens with zero attached hydrogens (tertiary/aromatic N) is 3. The van der Waals surface area contributed by atoms with Gasteiger partial charge < -0.3 is 24.2 Å². The maximum atomic E-state index is 14.5. The highest BCUT2D eigenvalue weighted by molar-refractivity contribution is 7.93. The SMILES string of the molecule is COc1ccc(S(=O)(=O)N2C[C@@](c3ccccc3OC)(N3C[C@H](O)C[C@H]3C(=O)N(C)C)c3cc(Cl)ccc32)c(OC)c1. The van der Waals surface area contributed by atoms with Crippen LogP contribution in [0.15, 0.2) is 65.6 Å². The number of hydrogen-bond donors (Lipinski definition) is 1. The van der Waals surface area contributed by atoms with Crippen molar-refractivity contribution in [1.82, 2.24) is 9.80 Å². The van der Waals surface area contributed by atoms with E-state index in [1.165, 1.54) is 35.6 Å². The van der Waals surface area contributed by atoms with Crippen LogP contribution in [0, 0.1) is 0 Å². The number of sulfonamides is 1. The summed E-state index contributed by atoms with van der Waals surface area (Å²) in [4.78, 5) is 16.9. The van der Waals surface area contributed by atoms with Crippen molar-refractivity contribution in [1.29, 1.82) is 0 Å². The van der Waals surface area contributed by atoms with Gasteiger partial charge in [0.25, 0.3) is 10.0 Å². The molecular formula is C30H34ClN3O7S. The minimum Gasteiger partial charge on any atom is -0.497 e. The van der Waals surface area contributed by atoms with Gasteiger partial charge >= 0.3 is 0 Å². The Morgan fingerprint density at radius 3 is 2.36 bits per heavy atom. The van der Waals surface area contributed by atoms with Gasteiger partial charge in [0.05, 0.1) is 51.2 Å². The van der Waals surface area contributed by atoms with Crippen molar-refractivity contribution in [2.75, 3.05) is 52.8 Å². The third kappa shape index (κ3) is 4.74. The number of methoxy groups -OCH3 is 3. The van der Waals surface area contributed by atoms with E-state index < -0.39 is 27.7 Å². The Bertz CT molecular complexity index is 1620. The van der Waals surface area contributed by atoms with E-state index in [1.807, 2.05) is 23.1 Å². The standard InChI is InChI=1S/C30H34ClN3O7S/c1-32(2)29(36)25-15-20(35)17-33(25)30(22-8-6-7-9-26(22)40-4)18-34(24-12-10-19(31)14-23(24)30)42(37,38)28-13-11-21(39-3)16-27(28)41-5/h6-14,16,20,25,35H,15,17-18H2,1-5H3/t20-,25+,30+/m1/s1. The fourth-order valence-corrected chi connectivity index (χ4v) is 7.96. The zero-order valence-corrected chi connectivity index (χ0v) is 25.6. The number of amides is 1. The van der Waals surface area contributed by atoms with E-state index in [2.05, 4.69) is 0 Å². The fourth-order valence-electron chi connectivity index (χ4n) is 6.14. The second-order valence-electron chi connectivity index (χ2n) is 10.5. The van der Waals surface area contributed by atoms with Crippen LogP contribution in [0.25, 0.3) is 0 Å². The molecule has 1 amide bonds. The van der Waals surface area contributed by atoms with Gasteiger partial charge in [0, 0.05) is 42.9 Å². The molecule has 0 bridgehead atoms. The number of benzene rings is 3. The lowest BCUT2D eigenvalue weighted by atomic mass is 9.81. The predicted molar refractivity (Wildman–Crippen MR) is 159 cm³/mol. The number of para-hydroxylation sites is 1. The number of anilines is 1. The van der Waals surface area contributed by atoms with Gasteiger partial charge in [-0.1, -0.05) is 29.8 Å². The third-order valence-electron chi connectivity index (χ3n) is 8.03. The number of β-amino-alcohol motifs (C(OH)–C–C–N with tert-alkyl or cyclic N) is 1. The molecule has 224 valence electrons. The summed E-state index contributed by atoms with van der Waals surface area (Å²) < 4.78 is 47.0. The molecule has 0 saturated carbocycles. The molecule has 1 N–H and O–H groups in total. The lowest BCUT2D eigenvalue weighted by Crippen LogP contribution is -2.56. The highest BCUT2D eigenvalue weighted by Gasteiger charge is 2.58. The summed E-state index contributed by atoms with van der Waals surface area (Å²) in [6.45, 7) is -0.00150. The first-order valence-electron chi connectivity index (χ1n) is 13.3. The lowest BCUT2D eigenvalue weighted by Gasteiger charge is -2.43. The Hall–Kier alpha value is -3.51. The second-order valence-corrected chi connectivity index (χ2v) is 12.8. The zero-order chi connectivity index (χ0) is 30.4. The van der Waals surface area contributed by atoms with E-state index in [0.717, 1.165) is 0 Å². The quantitative estimate of drug-likeness (QED) is 0.411. The smallest absolute Gasteiger partial charge is 0.268 e. The van der Waals surface area contributed by atoms with Gasteiger partial charge in [-0.15, -0.1) is 0 Å². The Balaban J connectivity index is 1.81. The number of aliphatic hydroxyl groups is 1. The van der Waals surface area contributed by atoms with E-state index >= 15 is 0 Å². The van der Waals surface area contributed by atoms with Gasteiger partial charge in [-0.3, -0.25) is 14.0 Å². The molecule has 0 radical (unpaired) electrons.